The molecule has 0 aromatic heterocycles. The molecule has 2 nitrogen and oxygen atoms in total. The molecule has 0 aliphatic rings. The Balaban J connectivity index is 3.23. The number of rotatable bonds is 15. The molecule has 0 rings (SSSR count). The van der Waals surface area contributed by atoms with Crippen molar-refractivity contribution in [2.45, 2.75) is 65.2 Å². The minimum Gasteiger partial charge on any atom is -0.363 e. The van der Waals surface area contributed by atoms with E-state index in [1.54, 1.807) is 0 Å². The highest BCUT2D eigenvalue weighted by Gasteiger charge is 1.99. The van der Waals surface area contributed by atoms with E-state index in [9.17, 15) is 0 Å². The molecule has 0 bridgehead atoms. The molecule has 0 atom stereocenters. The molecule has 0 aromatic rings. The van der Waals surface area contributed by atoms with Crippen molar-refractivity contribution >= 4 is 56.0 Å². The molecule has 0 radical (unpaired) electrons. The van der Waals surface area contributed by atoms with Crippen molar-refractivity contribution in [3.63, 3.8) is 0 Å². The van der Waals surface area contributed by atoms with Gasteiger partial charge in [0.05, 0.1) is 0 Å². The second-order valence-corrected chi connectivity index (χ2v) is 8.97. The molecule has 0 heterocycles. The van der Waals surface area contributed by atoms with Crippen molar-refractivity contribution in [2.24, 2.45) is 0 Å². The third kappa shape index (κ3) is 16.8. The van der Waals surface area contributed by atoms with Crippen LogP contribution in [0, 0.1) is 0 Å². The van der Waals surface area contributed by atoms with Crippen LogP contribution in [-0.4, -0.2) is 34.6 Å². The average molecular weight is 381 g/mol. The lowest BCUT2D eigenvalue weighted by atomic mass is 10.1. The molecule has 0 fully saturated rings. The van der Waals surface area contributed by atoms with E-state index in [-0.39, 0.29) is 0 Å². The third-order valence-electron chi connectivity index (χ3n) is 3.11. The first-order valence-corrected chi connectivity index (χ1v) is 11.8. The molecular formula is C16H32N2S4. The van der Waals surface area contributed by atoms with Gasteiger partial charge in [-0.2, -0.15) is 0 Å². The Hall–Kier alpha value is 0.480. The van der Waals surface area contributed by atoms with Crippen LogP contribution >= 0.6 is 46.0 Å². The lowest BCUT2D eigenvalue weighted by Crippen LogP contribution is -2.36. The fourth-order valence-electron chi connectivity index (χ4n) is 1.79. The van der Waals surface area contributed by atoms with Crippen LogP contribution in [0.5, 0.6) is 0 Å². The summed E-state index contributed by atoms with van der Waals surface area (Å²) in [5.41, 5.74) is 0. The molecule has 0 unspecified atom stereocenters. The molecule has 0 aliphatic heterocycles. The number of hydrogen-bond donors (Lipinski definition) is 2. The second-order valence-electron chi connectivity index (χ2n) is 5.28. The minimum absolute atomic E-state index is 0.788. The van der Waals surface area contributed by atoms with E-state index >= 15 is 0 Å². The maximum Gasteiger partial charge on any atom is 0.166 e. The number of nitrogens with one attached hydrogen (secondary N) is 2. The van der Waals surface area contributed by atoms with Crippen LogP contribution in [-0.2, 0) is 0 Å². The van der Waals surface area contributed by atoms with Gasteiger partial charge in [-0.3, -0.25) is 0 Å². The van der Waals surface area contributed by atoms with Crippen molar-refractivity contribution in [1.82, 2.24) is 10.6 Å². The third-order valence-corrected chi connectivity index (χ3v) is 6.30. The highest BCUT2D eigenvalue weighted by molar-refractivity contribution is 8.76. The number of thiocarbonyl (C=S) groups is 2. The van der Waals surface area contributed by atoms with Crippen LogP contribution in [0.3, 0.4) is 0 Å². The van der Waals surface area contributed by atoms with E-state index < -0.39 is 0 Å². The van der Waals surface area contributed by atoms with Crippen LogP contribution < -0.4 is 10.6 Å². The van der Waals surface area contributed by atoms with Gasteiger partial charge in [-0.15, -0.1) is 0 Å². The van der Waals surface area contributed by atoms with Gasteiger partial charge in [0.25, 0.3) is 0 Å². The first kappa shape index (κ1) is 22.5. The van der Waals surface area contributed by atoms with E-state index in [1.807, 2.05) is 21.6 Å². The standard InChI is InChI=1S/C16H32N2S4/c1-3-5-7-9-15(19)10-8-13-21-22-14-12-18-16(20)17-11-6-4-2/h3-14H2,1-2H3,(H2,17,18,20). The number of unbranched alkanes of at least 4 members (excludes halogenated alkanes) is 3. The van der Waals surface area contributed by atoms with Crippen molar-refractivity contribution < 1.29 is 0 Å². The smallest absolute Gasteiger partial charge is 0.166 e. The van der Waals surface area contributed by atoms with Gasteiger partial charge >= 0.3 is 0 Å². The zero-order chi connectivity index (χ0) is 16.5. The average Bonchev–Trinajstić information content (AvgIpc) is 2.50. The predicted molar refractivity (Wildman–Crippen MR) is 114 cm³/mol. The second kappa shape index (κ2) is 17.8. The maximum absolute atomic E-state index is 5.41. The molecule has 0 aromatic carbocycles. The zero-order valence-electron chi connectivity index (χ0n) is 14.1. The van der Waals surface area contributed by atoms with Crippen molar-refractivity contribution in [3.05, 3.63) is 0 Å². The Morgan fingerprint density at radius 1 is 0.773 bits per heavy atom. The lowest BCUT2D eigenvalue weighted by molar-refractivity contribution is 0.739. The fourth-order valence-corrected chi connectivity index (χ4v) is 4.28. The van der Waals surface area contributed by atoms with E-state index in [0.29, 0.717) is 0 Å². The van der Waals surface area contributed by atoms with E-state index in [0.717, 1.165) is 36.8 Å². The summed E-state index contributed by atoms with van der Waals surface area (Å²) in [5.74, 6) is 2.28. The molecular weight excluding hydrogens is 348 g/mol. The Labute approximate surface area is 156 Å². The summed E-state index contributed by atoms with van der Waals surface area (Å²) in [6.07, 6.45) is 9.72. The Morgan fingerprint density at radius 2 is 1.41 bits per heavy atom. The Kier molecular flexibility index (Phi) is 18.2. The van der Waals surface area contributed by atoms with E-state index in [2.05, 4.69) is 24.5 Å². The largest absolute Gasteiger partial charge is 0.363 e. The molecule has 0 saturated carbocycles. The quantitative estimate of drug-likeness (QED) is 0.225. The molecule has 6 heteroatoms. The lowest BCUT2D eigenvalue weighted by Gasteiger charge is -2.09. The van der Waals surface area contributed by atoms with Gasteiger partial charge in [-0.25, -0.2) is 0 Å². The molecule has 0 spiro atoms. The summed E-state index contributed by atoms with van der Waals surface area (Å²) in [5, 5.41) is 7.25. The monoisotopic (exact) mass is 380 g/mol. The summed E-state index contributed by atoms with van der Waals surface area (Å²) in [6.45, 7) is 6.33. The van der Waals surface area contributed by atoms with Crippen molar-refractivity contribution in [2.75, 3.05) is 24.6 Å². The van der Waals surface area contributed by atoms with Gasteiger partial charge in [0.1, 0.15) is 0 Å². The SMILES string of the molecule is CCCCCC(=S)CCCSSCCNC(=S)NCCCC. The first-order chi connectivity index (χ1) is 10.7. The number of hydrogen-bond acceptors (Lipinski definition) is 4. The van der Waals surface area contributed by atoms with Crippen LogP contribution in [0.25, 0.3) is 0 Å². The Morgan fingerprint density at radius 3 is 2.14 bits per heavy atom. The summed E-state index contributed by atoms with van der Waals surface area (Å²) in [4.78, 5) is 1.27. The van der Waals surface area contributed by atoms with E-state index in [4.69, 9.17) is 24.4 Å². The highest BCUT2D eigenvalue weighted by atomic mass is 33.1. The van der Waals surface area contributed by atoms with Gasteiger partial charge in [0, 0.05) is 24.6 Å². The van der Waals surface area contributed by atoms with E-state index in [1.165, 1.54) is 49.1 Å². The summed E-state index contributed by atoms with van der Waals surface area (Å²) >= 11 is 10.6. The molecule has 0 amide bonds. The van der Waals surface area contributed by atoms with Gasteiger partial charge in [-0.1, -0.05) is 66.9 Å². The van der Waals surface area contributed by atoms with Crippen LogP contribution in [0.1, 0.15) is 65.2 Å². The molecule has 2 N–H and O–H groups in total. The molecule has 0 saturated heterocycles. The van der Waals surface area contributed by atoms with Gasteiger partial charge in [0.15, 0.2) is 5.11 Å². The van der Waals surface area contributed by atoms with Crippen LogP contribution in [0.15, 0.2) is 0 Å². The molecule has 22 heavy (non-hydrogen) atoms. The first-order valence-electron chi connectivity index (χ1n) is 8.48. The van der Waals surface area contributed by atoms with Crippen molar-refractivity contribution in [3.8, 4) is 0 Å². The maximum atomic E-state index is 5.41. The van der Waals surface area contributed by atoms with Gasteiger partial charge in [-0.05, 0) is 49.2 Å². The molecule has 130 valence electrons. The van der Waals surface area contributed by atoms with Crippen LogP contribution in [0.2, 0.25) is 0 Å². The van der Waals surface area contributed by atoms with Crippen molar-refractivity contribution in [1.29, 1.82) is 0 Å². The topological polar surface area (TPSA) is 24.1 Å². The Bertz CT molecular complexity index is 257. The highest BCUT2D eigenvalue weighted by Crippen LogP contribution is 2.22. The fraction of sp³-hybridized carbons (Fsp3) is 0.875. The summed E-state index contributed by atoms with van der Waals surface area (Å²) in [7, 11) is 3.87. The normalized spacial score (nSPS) is 10.5. The summed E-state index contributed by atoms with van der Waals surface area (Å²) in [6, 6.07) is 0. The zero-order valence-corrected chi connectivity index (χ0v) is 17.4. The predicted octanol–water partition coefficient (Wildman–Crippen LogP) is 5.36. The minimum atomic E-state index is 0.788. The molecule has 0 aliphatic carbocycles. The summed E-state index contributed by atoms with van der Waals surface area (Å²) < 4.78 is 0. The van der Waals surface area contributed by atoms with Gasteiger partial charge in [0.2, 0.25) is 0 Å². The van der Waals surface area contributed by atoms with Gasteiger partial charge < -0.3 is 10.6 Å². The van der Waals surface area contributed by atoms with Crippen LogP contribution in [0.4, 0.5) is 0 Å².